The number of hydrogen-bond acceptors (Lipinski definition) is 5. The lowest BCUT2D eigenvalue weighted by Gasteiger charge is -2.38. The van der Waals surface area contributed by atoms with Crippen molar-refractivity contribution in [1.29, 1.82) is 0 Å². The third-order valence-corrected chi connectivity index (χ3v) is 12.2. The van der Waals surface area contributed by atoms with Gasteiger partial charge in [-0.05, 0) is 42.4 Å². The lowest BCUT2D eigenvalue weighted by molar-refractivity contribution is -0.144. The predicted molar refractivity (Wildman–Crippen MR) is 108 cm³/mol. The maximum absolute atomic E-state index is 13.1. The number of halogens is 3. The standard InChI is InChI=1S/C19H28F3NO5SSi/c1-18(2,3)30(5,6)28-14-11-16(17(24)27-4)23(12-14)29(25,26)15-9-7-13(8-10-15)19(20,21)22/h7-10,14,16H,11-12H2,1-6H3. The van der Waals surface area contributed by atoms with Crippen LogP contribution in [0.5, 0.6) is 0 Å². The fraction of sp³-hybridized carbons (Fsp3) is 0.632. The van der Waals surface area contributed by atoms with Crippen molar-refractivity contribution in [3.8, 4) is 0 Å². The minimum Gasteiger partial charge on any atom is -0.468 e. The fourth-order valence-electron chi connectivity index (χ4n) is 3.01. The van der Waals surface area contributed by atoms with Gasteiger partial charge >= 0.3 is 12.1 Å². The molecule has 0 aromatic heterocycles. The zero-order valence-corrected chi connectivity index (χ0v) is 19.7. The van der Waals surface area contributed by atoms with Crippen molar-refractivity contribution in [2.75, 3.05) is 13.7 Å². The zero-order chi connectivity index (χ0) is 23.1. The van der Waals surface area contributed by atoms with Crippen molar-refractivity contribution < 1.29 is 35.5 Å². The number of nitrogens with zero attached hydrogens (tertiary/aromatic N) is 1. The van der Waals surface area contributed by atoms with Crippen LogP contribution in [0.4, 0.5) is 13.2 Å². The van der Waals surface area contributed by atoms with Crippen molar-refractivity contribution in [2.24, 2.45) is 0 Å². The van der Waals surface area contributed by atoms with Crippen LogP contribution in [0.25, 0.3) is 0 Å². The summed E-state index contributed by atoms with van der Waals surface area (Å²) >= 11 is 0. The number of carbonyl (C=O) groups is 1. The van der Waals surface area contributed by atoms with E-state index in [4.69, 9.17) is 9.16 Å². The van der Waals surface area contributed by atoms with Gasteiger partial charge in [0.05, 0.1) is 23.7 Å². The second kappa shape index (κ2) is 8.25. The van der Waals surface area contributed by atoms with Crippen molar-refractivity contribution in [3.63, 3.8) is 0 Å². The Hall–Kier alpha value is -1.43. The van der Waals surface area contributed by atoms with Gasteiger partial charge in [0.1, 0.15) is 6.04 Å². The van der Waals surface area contributed by atoms with Gasteiger partial charge < -0.3 is 9.16 Å². The minimum absolute atomic E-state index is 0.0738. The largest absolute Gasteiger partial charge is 0.468 e. The number of alkyl halides is 3. The van der Waals surface area contributed by atoms with Gasteiger partial charge in [-0.25, -0.2) is 8.42 Å². The SMILES string of the molecule is COC(=O)C1CC(O[Si](C)(C)C(C)(C)C)CN1S(=O)(=O)c1ccc(C(F)(F)F)cc1. The molecule has 2 atom stereocenters. The average Bonchev–Trinajstić information content (AvgIpc) is 3.03. The van der Waals surface area contributed by atoms with Gasteiger partial charge in [0.15, 0.2) is 8.32 Å². The Labute approximate surface area is 176 Å². The van der Waals surface area contributed by atoms with E-state index in [-0.39, 0.29) is 22.9 Å². The van der Waals surface area contributed by atoms with Crippen LogP contribution in [0, 0.1) is 0 Å². The first-order valence-electron chi connectivity index (χ1n) is 9.45. The fourth-order valence-corrected chi connectivity index (χ4v) is 5.99. The van der Waals surface area contributed by atoms with Crippen molar-refractivity contribution in [1.82, 2.24) is 4.31 Å². The molecule has 30 heavy (non-hydrogen) atoms. The van der Waals surface area contributed by atoms with Gasteiger partial charge in [-0.3, -0.25) is 4.79 Å². The number of rotatable bonds is 5. The van der Waals surface area contributed by atoms with Crippen LogP contribution < -0.4 is 0 Å². The Balaban J connectivity index is 2.35. The minimum atomic E-state index is -4.58. The normalized spacial score (nSPS) is 21.6. The van der Waals surface area contributed by atoms with Crippen molar-refractivity contribution in [3.05, 3.63) is 29.8 Å². The average molecular weight is 468 g/mol. The summed E-state index contributed by atoms with van der Waals surface area (Å²) < 4.78 is 76.7. The first kappa shape index (κ1) is 24.8. The summed E-state index contributed by atoms with van der Waals surface area (Å²) in [7, 11) is -5.31. The van der Waals surface area contributed by atoms with Crippen molar-refractivity contribution >= 4 is 24.3 Å². The molecule has 0 saturated carbocycles. The molecule has 11 heteroatoms. The van der Waals surface area contributed by atoms with E-state index in [1.807, 2.05) is 33.9 Å². The van der Waals surface area contributed by atoms with E-state index in [9.17, 15) is 26.4 Å². The summed E-state index contributed by atoms with van der Waals surface area (Å²) in [5.74, 6) is -0.730. The Morgan fingerprint density at radius 1 is 1.13 bits per heavy atom. The van der Waals surface area contributed by atoms with Crippen LogP contribution in [0.3, 0.4) is 0 Å². The topological polar surface area (TPSA) is 72.9 Å². The highest BCUT2D eigenvalue weighted by atomic mass is 32.2. The van der Waals surface area contributed by atoms with E-state index >= 15 is 0 Å². The summed E-state index contributed by atoms with van der Waals surface area (Å²) in [5.41, 5.74) is -0.952. The summed E-state index contributed by atoms with van der Waals surface area (Å²) in [6.07, 6.45) is -4.97. The van der Waals surface area contributed by atoms with E-state index in [2.05, 4.69) is 0 Å². The smallest absolute Gasteiger partial charge is 0.416 e. The Morgan fingerprint density at radius 3 is 2.10 bits per heavy atom. The molecule has 0 aliphatic carbocycles. The molecule has 1 fully saturated rings. The van der Waals surface area contributed by atoms with Gasteiger partial charge in [-0.15, -0.1) is 0 Å². The zero-order valence-electron chi connectivity index (χ0n) is 17.9. The number of esters is 1. The Kier molecular flexibility index (Phi) is 6.83. The maximum Gasteiger partial charge on any atom is 0.416 e. The quantitative estimate of drug-likeness (QED) is 0.483. The van der Waals surface area contributed by atoms with Crippen LogP contribution in [-0.4, -0.2) is 52.8 Å². The molecule has 2 rings (SSSR count). The highest BCUT2D eigenvalue weighted by Crippen LogP contribution is 2.40. The second-order valence-electron chi connectivity index (χ2n) is 8.87. The second-order valence-corrected chi connectivity index (χ2v) is 15.5. The molecule has 1 heterocycles. The molecule has 0 bridgehead atoms. The summed E-state index contributed by atoms with van der Waals surface area (Å²) in [6.45, 7) is 10.1. The van der Waals surface area contributed by atoms with E-state index in [1.165, 1.54) is 0 Å². The Bertz CT molecular complexity index is 879. The molecular formula is C19H28F3NO5SSi. The third kappa shape index (κ3) is 5.06. The maximum atomic E-state index is 13.1. The highest BCUT2D eigenvalue weighted by molar-refractivity contribution is 7.89. The molecule has 0 amide bonds. The molecule has 1 aliphatic heterocycles. The van der Waals surface area contributed by atoms with Crippen LogP contribution in [0.15, 0.2) is 29.2 Å². The van der Waals surface area contributed by atoms with E-state index in [0.29, 0.717) is 12.1 Å². The summed E-state index contributed by atoms with van der Waals surface area (Å²) in [6, 6.07) is 2.11. The van der Waals surface area contributed by atoms with E-state index in [0.717, 1.165) is 23.5 Å². The molecule has 0 radical (unpaired) electrons. The summed E-state index contributed by atoms with van der Waals surface area (Å²) in [5, 5.41) is -0.118. The molecule has 1 aliphatic rings. The number of methoxy groups -OCH3 is 1. The van der Waals surface area contributed by atoms with Gasteiger partial charge in [0, 0.05) is 13.0 Å². The molecular weight excluding hydrogens is 439 g/mol. The monoisotopic (exact) mass is 467 g/mol. The lowest BCUT2D eigenvalue weighted by Crippen LogP contribution is -2.45. The number of carbonyl (C=O) groups excluding carboxylic acids is 1. The molecule has 2 unspecified atom stereocenters. The molecule has 1 aromatic carbocycles. The van der Waals surface area contributed by atoms with Crippen LogP contribution >= 0.6 is 0 Å². The van der Waals surface area contributed by atoms with Gasteiger partial charge in [-0.1, -0.05) is 20.8 Å². The lowest BCUT2D eigenvalue weighted by atomic mass is 10.2. The van der Waals surface area contributed by atoms with Crippen molar-refractivity contribution in [2.45, 2.75) is 68.5 Å². The predicted octanol–water partition coefficient (Wildman–Crippen LogP) is 4.03. The highest BCUT2D eigenvalue weighted by Gasteiger charge is 2.48. The van der Waals surface area contributed by atoms with Gasteiger partial charge in [0.2, 0.25) is 10.0 Å². The first-order valence-corrected chi connectivity index (χ1v) is 13.8. The summed E-state index contributed by atoms with van der Waals surface area (Å²) in [4.78, 5) is 12.0. The van der Waals surface area contributed by atoms with Gasteiger partial charge in [-0.2, -0.15) is 17.5 Å². The van der Waals surface area contributed by atoms with E-state index in [1.54, 1.807) is 0 Å². The molecule has 6 nitrogen and oxygen atoms in total. The number of benzene rings is 1. The van der Waals surface area contributed by atoms with Crippen LogP contribution in [-0.2, 0) is 30.2 Å². The molecule has 1 saturated heterocycles. The van der Waals surface area contributed by atoms with Crippen LogP contribution in [0.2, 0.25) is 18.1 Å². The molecule has 0 N–H and O–H groups in total. The number of ether oxygens (including phenoxy) is 1. The number of hydrogen-bond donors (Lipinski definition) is 0. The Morgan fingerprint density at radius 2 is 1.67 bits per heavy atom. The molecule has 170 valence electrons. The molecule has 0 spiro atoms. The number of sulfonamides is 1. The van der Waals surface area contributed by atoms with Crippen LogP contribution in [0.1, 0.15) is 32.8 Å². The molecule has 1 aromatic rings. The third-order valence-electron chi connectivity index (χ3n) is 5.75. The first-order chi connectivity index (χ1) is 13.5. The van der Waals surface area contributed by atoms with Gasteiger partial charge in [0.25, 0.3) is 0 Å². The van der Waals surface area contributed by atoms with E-state index < -0.39 is 48.2 Å².